The second-order valence-electron chi connectivity index (χ2n) is 9.95. The zero-order valence-electron chi connectivity index (χ0n) is 19.2. The molecule has 3 heterocycles. The fraction of sp³-hybridized carbons (Fsp3) is 0.792. The maximum atomic E-state index is 12.7. The summed E-state index contributed by atoms with van der Waals surface area (Å²) in [5.41, 5.74) is 1.79. The van der Waals surface area contributed by atoms with E-state index < -0.39 is 0 Å². The molecule has 3 fully saturated rings. The van der Waals surface area contributed by atoms with Crippen LogP contribution in [0.4, 0.5) is 0 Å². The van der Waals surface area contributed by atoms with Crippen molar-refractivity contribution in [1.29, 1.82) is 0 Å². The van der Waals surface area contributed by atoms with E-state index >= 15 is 0 Å². The van der Waals surface area contributed by atoms with E-state index in [9.17, 15) is 4.79 Å². The van der Waals surface area contributed by atoms with E-state index in [0.29, 0.717) is 12.0 Å². The first kappa shape index (κ1) is 21.8. The number of hydrogen-bond donors (Lipinski definition) is 2. The van der Waals surface area contributed by atoms with Crippen LogP contribution in [0.3, 0.4) is 0 Å². The molecule has 6 heteroatoms. The Morgan fingerprint density at radius 2 is 1.77 bits per heavy atom. The summed E-state index contributed by atoms with van der Waals surface area (Å²) in [6.45, 7) is 14.4. The number of hydrogen-bond acceptors (Lipinski definition) is 5. The minimum absolute atomic E-state index is 0.0575. The van der Waals surface area contributed by atoms with E-state index in [1.54, 1.807) is 0 Å². The van der Waals surface area contributed by atoms with Gasteiger partial charge in [-0.3, -0.25) is 14.6 Å². The third kappa shape index (κ3) is 5.45. The molecule has 1 unspecified atom stereocenters. The van der Waals surface area contributed by atoms with Gasteiger partial charge in [-0.15, -0.1) is 0 Å². The van der Waals surface area contributed by atoms with Crippen LogP contribution in [0.5, 0.6) is 0 Å². The van der Waals surface area contributed by atoms with Crippen molar-refractivity contribution in [1.82, 2.24) is 25.3 Å². The van der Waals surface area contributed by atoms with Crippen molar-refractivity contribution in [2.45, 2.75) is 71.1 Å². The van der Waals surface area contributed by atoms with Gasteiger partial charge in [0.1, 0.15) is 5.70 Å². The van der Waals surface area contributed by atoms with Gasteiger partial charge in [0.05, 0.1) is 6.17 Å². The van der Waals surface area contributed by atoms with Crippen molar-refractivity contribution < 1.29 is 4.79 Å². The maximum Gasteiger partial charge on any atom is 0.267 e. The van der Waals surface area contributed by atoms with Crippen LogP contribution in [0.15, 0.2) is 23.4 Å². The Labute approximate surface area is 182 Å². The van der Waals surface area contributed by atoms with Crippen molar-refractivity contribution >= 4 is 5.91 Å². The molecule has 4 aliphatic rings. The van der Waals surface area contributed by atoms with Gasteiger partial charge in [-0.05, 0) is 90.1 Å². The predicted octanol–water partition coefficient (Wildman–Crippen LogP) is 2.15. The fourth-order valence-electron chi connectivity index (χ4n) is 5.10. The smallest absolute Gasteiger partial charge is 0.267 e. The van der Waals surface area contributed by atoms with Gasteiger partial charge in [0.25, 0.3) is 5.91 Å². The van der Waals surface area contributed by atoms with E-state index in [0.717, 1.165) is 43.5 Å². The summed E-state index contributed by atoms with van der Waals surface area (Å²) in [6.07, 6.45) is 10.8. The molecule has 0 spiro atoms. The molecule has 1 atom stereocenters. The van der Waals surface area contributed by atoms with Gasteiger partial charge in [-0.2, -0.15) is 0 Å². The minimum atomic E-state index is 0.0575. The number of rotatable bonds is 6. The lowest BCUT2D eigenvalue weighted by molar-refractivity contribution is -0.118. The van der Waals surface area contributed by atoms with Gasteiger partial charge in [-0.25, -0.2) is 0 Å². The third-order valence-electron chi connectivity index (χ3n) is 7.39. The summed E-state index contributed by atoms with van der Waals surface area (Å²) >= 11 is 0. The van der Waals surface area contributed by atoms with Crippen LogP contribution in [0.25, 0.3) is 0 Å². The molecule has 168 valence electrons. The minimum Gasteiger partial charge on any atom is -0.362 e. The number of allylic oxidation sites excluding steroid dienone is 2. The second kappa shape index (κ2) is 9.84. The third-order valence-corrected chi connectivity index (χ3v) is 7.39. The molecule has 0 aromatic rings. The molecular weight excluding hydrogens is 374 g/mol. The standard InChI is InChI=1S/C24H41N5O/c1-18(2)27-13-9-21(10-14-27)28-11-4-12-29(16-15-28)22-8-5-19(3)23(26-22)24(30)25-17-20-6-7-20/h5,8,18,20-22,26H,4,6-7,9-17H2,1-3H3,(H,25,30). The van der Waals surface area contributed by atoms with Crippen LogP contribution >= 0.6 is 0 Å². The van der Waals surface area contributed by atoms with Gasteiger partial charge in [0.15, 0.2) is 0 Å². The first-order valence-corrected chi connectivity index (χ1v) is 12.2. The summed E-state index contributed by atoms with van der Waals surface area (Å²) in [5.74, 6) is 0.760. The number of nitrogens with one attached hydrogen (secondary N) is 2. The van der Waals surface area contributed by atoms with Crippen LogP contribution in [0, 0.1) is 5.92 Å². The lowest BCUT2D eigenvalue weighted by Crippen LogP contribution is -2.50. The molecule has 1 amide bonds. The van der Waals surface area contributed by atoms with Crippen molar-refractivity contribution in [2.24, 2.45) is 5.92 Å². The second-order valence-corrected chi connectivity index (χ2v) is 9.95. The van der Waals surface area contributed by atoms with Crippen LogP contribution < -0.4 is 10.6 Å². The summed E-state index contributed by atoms with van der Waals surface area (Å²) in [5, 5.41) is 6.66. The molecule has 30 heavy (non-hydrogen) atoms. The maximum absolute atomic E-state index is 12.7. The number of piperidine rings is 1. The monoisotopic (exact) mass is 415 g/mol. The van der Waals surface area contributed by atoms with Gasteiger partial charge >= 0.3 is 0 Å². The summed E-state index contributed by atoms with van der Waals surface area (Å²) in [7, 11) is 0. The van der Waals surface area contributed by atoms with Gasteiger partial charge in [0, 0.05) is 38.3 Å². The highest BCUT2D eigenvalue weighted by Crippen LogP contribution is 2.27. The number of carbonyl (C=O) groups is 1. The molecule has 0 radical (unpaired) electrons. The van der Waals surface area contributed by atoms with Crippen LogP contribution in [0.1, 0.15) is 52.9 Å². The van der Waals surface area contributed by atoms with E-state index in [4.69, 9.17) is 0 Å². The molecule has 1 saturated carbocycles. The largest absolute Gasteiger partial charge is 0.362 e. The molecule has 0 aromatic carbocycles. The predicted molar refractivity (Wildman–Crippen MR) is 122 cm³/mol. The average Bonchev–Trinajstić information content (AvgIpc) is 3.59. The van der Waals surface area contributed by atoms with Gasteiger partial charge in [0.2, 0.25) is 0 Å². The molecule has 6 nitrogen and oxygen atoms in total. The lowest BCUT2D eigenvalue weighted by atomic mass is 10.0. The van der Waals surface area contributed by atoms with Crippen molar-refractivity contribution in [3.8, 4) is 0 Å². The number of likely N-dealkylation sites (tertiary alicyclic amines) is 1. The Bertz CT molecular complexity index is 661. The summed E-state index contributed by atoms with van der Waals surface area (Å²) in [4.78, 5) is 20.5. The molecule has 3 aliphatic heterocycles. The van der Waals surface area contributed by atoms with E-state index in [2.05, 4.69) is 51.3 Å². The fourth-order valence-corrected chi connectivity index (χ4v) is 5.10. The summed E-state index contributed by atoms with van der Waals surface area (Å²) < 4.78 is 0. The summed E-state index contributed by atoms with van der Waals surface area (Å²) in [6, 6.07) is 1.41. The van der Waals surface area contributed by atoms with Crippen LogP contribution in [-0.4, -0.2) is 84.7 Å². The Balaban J connectivity index is 1.28. The van der Waals surface area contributed by atoms with E-state index in [-0.39, 0.29) is 12.1 Å². The quantitative estimate of drug-likeness (QED) is 0.696. The number of amides is 1. The topological polar surface area (TPSA) is 50.9 Å². The SMILES string of the molecule is CC1=C(C(=O)NCC2CC2)NC(N2CCCN(C3CCN(C(C)C)CC3)CC2)C=C1. The normalized spacial score (nSPS) is 27.9. The Kier molecular flexibility index (Phi) is 7.16. The van der Waals surface area contributed by atoms with E-state index in [1.165, 1.54) is 51.7 Å². The molecule has 4 rings (SSSR count). The van der Waals surface area contributed by atoms with Crippen molar-refractivity contribution in [3.05, 3.63) is 23.4 Å². The number of carbonyl (C=O) groups excluding carboxylic acids is 1. The highest BCUT2D eigenvalue weighted by molar-refractivity contribution is 5.94. The zero-order valence-corrected chi connectivity index (χ0v) is 19.2. The molecule has 0 aromatic heterocycles. The first-order valence-electron chi connectivity index (χ1n) is 12.2. The zero-order chi connectivity index (χ0) is 21.1. The molecule has 2 N–H and O–H groups in total. The van der Waals surface area contributed by atoms with Crippen molar-refractivity contribution in [3.63, 3.8) is 0 Å². The van der Waals surface area contributed by atoms with Crippen LogP contribution in [-0.2, 0) is 4.79 Å². The molecular formula is C24H41N5O. The molecule has 0 bridgehead atoms. The highest BCUT2D eigenvalue weighted by Gasteiger charge is 2.30. The van der Waals surface area contributed by atoms with Gasteiger partial charge in [-0.1, -0.05) is 6.08 Å². The lowest BCUT2D eigenvalue weighted by Gasteiger charge is -2.40. The van der Waals surface area contributed by atoms with Crippen LogP contribution in [0.2, 0.25) is 0 Å². The Hall–Kier alpha value is -1.37. The van der Waals surface area contributed by atoms with Gasteiger partial charge < -0.3 is 15.5 Å². The molecule has 1 aliphatic carbocycles. The number of nitrogens with zero attached hydrogens (tertiary/aromatic N) is 3. The average molecular weight is 416 g/mol. The Morgan fingerprint density at radius 3 is 2.47 bits per heavy atom. The molecule has 2 saturated heterocycles. The van der Waals surface area contributed by atoms with E-state index in [1.807, 2.05) is 6.92 Å². The number of dihydropyridines is 1. The Morgan fingerprint density at radius 1 is 1.07 bits per heavy atom. The highest BCUT2D eigenvalue weighted by atomic mass is 16.2. The first-order chi connectivity index (χ1) is 14.5. The van der Waals surface area contributed by atoms with Crippen molar-refractivity contribution in [2.75, 3.05) is 45.8 Å².